The lowest BCUT2D eigenvalue weighted by Gasteiger charge is -2.31. The highest BCUT2D eigenvalue weighted by molar-refractivity contribution is 6.30. The maximum absolute atomic E-state index is 12.3. The van der Waals surface area contributed by atoms with E-state index in [4.69, 9.17) is 16.3 Å². The largest absolute Gasteiger partial charge is 0.370 e. The zero-order valence-electron chi connectivity index (χ0n) is 31.2. The summed E-state index contributed by atoms with van der Waals surface area (Å²) in [6, 6.07) is 11.8. The number of likely N-dealkylation sites (tertiary alicyclic amines) is 2. The minimum absolute atomic E-state index is 0.0741. The molecule has 3 heterocycles. The van der Waals surface area contributed by atoms with E-state index in [-0.39, 0.29) is 11.9 Å². The molecule has 3 fully saturated rings. The van der Waals surface area contributed by atoms with Crippen LogP contribution in [0.3, 0.4) is 0 Å². The summed E-state index contributed by atoms with van der Waals surface area (Å²) in [5.41, 5.74) is 2.19. The summed E-state index contributed by atoms with van der Waals surface area (Å²) in [4.78, 5) is 36.2. The van der Waals surface area contributed by atoms with Crippen molar-refractivity contribution in [1.29, 1.82) is 0 Å². The van der Waals surface area contributed by atoms with Gasteiger partial charge in [0.25, 0.3) is 0 Å². The monoisotopic (exact) mass is 707 g/mol. The molecule has 3 aliphatic heterocycles. The zero-order valence-corrected chi connectivity index (χ0v) is 31.9. The first-order chi connectivity index (χ1) is 23.0. The molecule has 0 aliphatic carbocycles. The molecule has 7 nitrogen and oxygen atoms in total. The van der Waals surface area contributed by atoms with Gasteiger partial charge in [-0.1, -0.05) is 50.1 Å². The Labute approximate surface area is 299 Å². The van der Waals surface area contributed by atoms with E-state index in [1.165, 1.54) is 54.9 Å². The molecule has 3 saturated heterocycles. The summed E-state index contributed by atoms with van der Waals surface area (Å²) < 4.78 is 29.5. The molecule has 3 aliphatic rings. The zero-order chi connectivity index (χ0) is 37.1. The van der Waals surface area contributed by atoms with Gasteiger partial charge in [-0.25, -0.2) is 8.78 Å². The quantitative estimate of drug-likeness (QED) is 0.284. The van der Waals surface area contributed by atoms with Crippen molar-refractivity contribution in [3.63, 3.8) is 0 Å². The lowest BCUT2D eigenvalue weighted by atomic mass is 9.91. The summed E-state index contributed by atoms with van der Waals surface area (Å²) in [7, 11) is 3.38. The van der Waals surface area contributed by atoms with E-state index in [1.54, 1.807) is 27.9 Å². The normalized spacial score (nSPS) is 20.6. The van der Waals surface area contributed by atoms with Crippen LogP contribution in [0.1, 0.15) is 90.7 Å². The number of carbonyl (C=O) groups is 3. The number of halogens is 3. The van der Waals surface area contributed by atoms with Crippen LogP contribution in [0.15, 0.2) is 42.5 Å². The third kappa shape index (κ3) is 17.6. The third-order valence-electron chi connectivity index (χ3n) is 9.06. The van der Waals surface area contributed by atoms with Crippen molar-refractivity contribution in [2.75, 3.05) is 46.9 Å². The highest BCUT2D eigenvalue weighted by Crippen LogP contribution is 2.32. The topological polar surface area (TPSA) is 70.2 Å². The Kier molecular flexibility index (Phi) is 20.5. The van der Waals surface area contributed by atoms with Gasteiger partial charge in [0.1, 0.15) is 17.7 Å². The molecule has 0 radical (unpaired) electrons. The fraction of sp³-hybridized carbons (Fsp3) is 0.615. The minimum atomic E-state index is -0.530. The lowest BCUT2D eigenvalue weighted by molar-refractivity contribution is -0.125. The molecule has 0 N–H and O–H groups in total. The number of aryl methyl sites for hydroxylation is 1. The Morgan fingerprint density at radius 2 is 1.67 bits per heavy atom. The summed E-state index contributed by atoms with van der Waals surface area (Å²) >= 11 is 5.91. The molecule has 4 unspecified atom stereocenters. The fourth-order valence-electron chi connectivity index (χ4n) is 5.55. The average molecular weight is 708 g/mol. The van der Waals surface area contributed by atoms with Crippen LogP contribution in [-0.4, -0.2) is 91.8 Å². The highest BCUT2D eigenvalue weighted by Gasteiger charge is 2.30. The van der Waals surface area contributed by atoms with Gasteiger partial charge in [-0.3, -0.25) is 19.3 Å². The molecule has 49 heavy (non-hydrogen) atoms. The number of ether oxygens (including phenoxy) is 1. The predicted molar refractivity (Wildman–Crippen MR) is 196 cm³/mol. The highest BCUT2D eigenvalue weighted by atomic mass is 35.5. The van der Waals surface area contributed by atoms with Gasteiger partial charge in [0.05, 0.1) is 0 Å². The van der Waals surface area contributed by atoms with Crippen LogP contribution in [0.25, 0.3) is 0 Å². The third-order valence-corrected chi connectivity index (χ3v) is 9.31. The number of hydrogen-bond acceptors (Lipinski definition) is 5. The number of amides is 2. The van der Waals surface area contributed by atoms with Crippen molar-refractivity contribution in [2.24, 2.45) is 11.8 Å². The van der Waals surface area contributed by atoms with E-state index in [0.29, 0.717) is 17.0 Å². The van der Waals surface area contributed by atoms with Crippen LogP contribution in [0, 0.1) is 30.4 Å². The second-order valence-corrected chi connectivity index (χ2v) is 14.7. The standard InChI is InChI=1S/C14H20ClN.C9H17NO.C7H6F2.C6H10O2.C3H7NO/c1-14(2,3)16-9-8-12(10-16)11-4-6-13(15)7-5-11;1-3-8(2)9-4-5-10(6-9)7-11;1-5-2-3-6(8)4-7(5)9;1-5(7)6-3-2-4-8-6;1-4(2)3-5/h4-7,12H,8-10H2,1-3H3;7-9H,3-6H2,1-2H3;2-4H,1H3;6H,2-4H2,1H3;3H,1-2H3. The maximum Gasteiger partial charge on any atom is 0.209 e. The predicted octanol–water partition coefficient (Wildman–Crippen LogP) is 8.17. The van der Waals surface area contributed by atoms with Crippen molar-refractivity contribution >= 4 is 30.2 Å². The van der Waals surface area contributed by atoms with Crippen molar-refractivity contribution < 1.29 is 27.9 Å². The van der Waals surface area contributed by atoms with Crippen molar-refractivity contribution in [1.82, 2.24) is 14.7 Å². The Balaban J connectivity index is 0.000000322. The van der Waals surface area contributed by atoms with E-state index < -0.39 is 11.6 Å². The molecule has 5 rings (SSSR count). The molecule has 0 spiro atoms. The average Bonchev–Trinajstić information content (AvgIpc) is 3.86. The van der Waals surface area contributed by atoms with Crippen LogP contribution < -0.4 is 0 Å². The van der Waals surface area contributed by atoms with Crippen LogP contribution in [-0.2, 0) is 19.1 Å². The Bertz CT molecular complexity index is 1250. The van der Waals surface area contributed by atoms with Crippen LogP contribution in [0.4, 0.5) is 8.78 Å². The van der Waals surface area contributed by atoms with Crippen molar-refractivity contribution in [2.45, 2.75) is 98.1 Å². The molecule has 0 aromatic heterocycles. The van der Waals surface area contributed by atoms with E-state index in [9.17, 15) is 23.2 Å². The number of carbonyl (C=O) groups excluding carboxylic acids is 3. The van der Waals surface area contributed by atoms with Gasteiger partial charge in [-0.15, -0.1) is 0 Å². The number of hydrogen-bond donors (Lipinski definition) is 0. The summed E-state index contributed by atoms with van der Waals surface area (Å²) in [5, 5.41) is 0.828. The van der Waals surface area contributed by atoms with Gasteiger partial charge in [-0.2, -0.15) is 0 Å². The molecular weight excluding hydrogens is 648 g/mol. The lowest BCUT2D eigenvalue weighted by Crippen LogP contribution is -2.39. The minimum Gasteiger partial charge on any atom is -0.370 e. The van der Waals surface area contributed by atoms with E-state index >= 15 is 0 Å². The Hall–Kier alpha value is -2.88. The molecule has 2 aromatic carbocycles. The number of rotatable bonds is 6. The molecule has 0 bridgehead atoms. The number of nitrogens with zero attached hydrogens (tertiary/aromatic N) is 3. The first-order valence-electron chi connectivity index (χ1n) is 17.4. The summed E-state index contributed by atoms with van der Waals surface area (Å²) in [5.74, 6) is 1.36. The maximum atomic E-state index is 12.3. The van der Waals surface area contributed by atoms with Gasteiger partial charge < -0.3 is 14.5 Å². The number of ketones is 1. The van der Waals surface area contributed by atoms with Crippen LogP contribution in [0.5, 0.6) is 0 Å². The van der Waals surface area contributed by atoms with Crippen molar-refractivity contribution in [3.8, 4) is 0 Å². The molecule has 276 valence electrons. The number of benzene rings is 2. The Morgan fingerprint density at radius 1 is 1.04 bits per heavy atom. The van der Waals surface area contributed by atoms with Crippen molar-refractivity contribution in [3.05, 3.63) is 70.2 Å². The number of Topliss-reactive ketones (excluding diaryl/α,β-unsaturated/α-hetero) is 1. The second-order valence-electron chi connectivity index (χ2n) is 14.3. The molecule has 4 atom stereocenters. The first kappa shape index (κ1) is 44.1. The molecule has 0 saturated carbocycles. The van der Waals surface area contributed by atoms with Crippen LogP contribution in [0.2, 0.25) is 5.02 Å². The van der Waals surface area contributed by atoms with Gasteiger partial charge in [0, 0.05) is 57.0 Å². The van der Waals surface area contributed by atoms with Gasteiger partial charge >= 0.3 is 0 Å². The molecule has 10 heteroatoms. The van der Waals surface area contributed by atoms with Gasteiger partial charge in [-0.05, 0) is 114 Å². The SMILES string of the molecule is CC(=O)C1CCCO1.CC(C)(C)N1CCC(c2ccc(Cl)cc2)C1.CCC(C)C1CCN(C=O)C1.CN(C)C=O.Cc1ccc(F)cc1F. The molecule has 2 amide bonds. The smallest absolute Gasteiger partial charge is 0.209 e. The van der Waals surface area contributed by atoms with Gasteiger partial charge in [0.2, 0.25) is 12.8 Å². The summed E-state index contributed by atoms with van der Waals surface area (Å²) in [6.07, 6.45) is 7.32. The molecule has 2 aromatic rings. The first-order valence-corrected chi connectivity index (χ1v) is 17.7. The molecular formula is C39H60ClF2N3O4. The van der Waals surface area contributed by atoms with E-state index in [1.807, 2.05) is 17.0 Å². The van der Waals surface area contributed by atoms with Crippen LogP contribution >= 0.6 is 11.6 Å². The van der Waals surface area contributed by atoms with Gasteiger partial charge in [0.15, 0.2) is 5.78 Å². The fourth-order valence-corrected chi connectivity index (χ4v) is 5.68. The summed E-state index contributed by atoms with van der Waals surface area (Å²) in [6.45, 7) is 19.6. The Morgan fingerprint density at radius 3 is 2.06 bits per heavy atom. The second kappa shape index (κ2) is 22.8. The van der Waals surface area contributed by atoms with E-state index in [0.717, 1.165) is 68.3 Å². The van der Waals surface area contributed by atoms with E-state index in [2.05, 4.69) is 51.7 Å².